The molecule has 0 saturated heterocycles. The van der Waals surface area contributed by atoms with E-state index in [9.17, 15) is 0 Å². The lowest BCUT2D eigenvalue weighted by Crippen LogP contribution is -2.35. The molecule has 0 aliphatic rings. The van der Waals surface area contributed by atoms with E-state index >= 15 is 0 Å². The van der Waals surface area contributed by atoms with Gasteiger partial charge in [0.25, 0.3) is 0 Å². The van der Waals surface area contributed by atoms with Crippen LogP contribution >= 0.6 is 0 Å². The van der Waals surface area contributed by atoms with Gasteiger partial charge in [-0.3, -0.25) is 11.3 Å². The molecule has 1 unspecified atom stereocenters. The molecule has 0 aromatic heterocycles. The summed E-state index contributed by atoms with van der Waals surface area (Å²) >= 11 is 0. The minimum atomic E-state index is 0.372. The second kappa shape index (κ2) is 7.83. The predicted octanol–water partition coefficient (Wildman–Crippen LogP) is 3.39. The Hall–Kier alpha value is -1.64. The number of aryl methyl sites for hydroxylation is 3. The van der Waals surface area contributed by atoms with E-state index in [-0.39, 0.29) is 0 Å². The molecule has 2 nitrogen and oxygen atoms in total. The lowest BCUT2D eigenvalue weighted by Gasteiger charge is -2.16. The van der Waals surface area contributed by atoms with Gasteiger partial charge in [0, 0.05) is 6.04 Å². The van der Waals surface area contributed by atoms with Gasteiger partial charge in [0.1, 0.15) is 0 Å². The van der Waals surface area contributed by atoms with Crippen molar-refractivity contribution in [3.8, 4) is 0 Å². The molecule has 3 N–H and O–H groups in total. The first-order chi connectivity index (χ1) is 9.78. The Balaban J connectivity index is 1.79. The van der Waals surface area contributed by atoms with Crippen molar-refractivity contribution >= 4 is 0 Å². The van der Waals surface area contributed by atoms with Crippen molar-refractivity contribution in [1.29, 1.82) is 0 Å². The highest BCUT2D eigenvalue weighted by Gasteiger charge is 2.07. The normalized spacial score (nSPS) is 12.3. The Kier molecular flexibility index (Phi) is 5.78. The fourth-order valence-corrected chi connectivity index (χ4v) is 2.39. The maximum absolute atomic E-state index is 5.68. The minimum absolute atomic E-state index is 0.372. The number of nitrogens with two attached hydrogens (primary N) is 1. The van der Waals surface area contributed by atoms with Crippen LogP contribution in [0.15, 0.2) is 54.6 Å². The molecule has 0 bridgehead atoms. The highest BCUT2D eigenvalue weighted by Crippen LogP contribution is 2.11. The summed E-state index contributed by atoms with van der Waals surface area (Å²) in [6.45, 7) is 2.12. The molecule has 2 rings (SSSR count). The van der Waals surface area contributed by atoms with Crippen molar-refractivity contribution in [3.63, 3.8) is 0 Å². The lowest BCUT2D eigenvalue weighted by molar-refractivity contribution is 0.464. The van der Waals surface area contributed by atoms with E-state index in [1.807, 2.05) is 0 Å². The molecule has 0 aliphatic carbocycles. The van der Waals surface area contributed by atoms with Crippen molar-refractivity contribution in [2.24, 2.45) is 5.84 Å². The first-order valence-electron chi connectivity index (χ1n) is 7.33. The highest BCUT2D eigenvalue weighted by atomic mass is 15.2. The number of hydrazine groups is 1. The van der Waals surface area contributed by atoms with Gasteiger partial charge in [-0.1, -0.05) is 60.2 Å². The fraction of sp³-hybridized carbons (Fsp3) is 0.333. The molecule has 1 atom stereocenters. The molecule has 0 spiro atoms. The number of hydrogen-bond donors (Lipinski definition) is 2. The second-order valence-corrected chi connectivity index (χ2v) is 5.41. The van der Waals surface area contributed by atoms with Gasteiger partial charge in [0.05, 0.1) is 0 Å². The molecule has 0 heterocycles. The van der Waals surface area contributed by atoms with Gasteiger partial charge in [0.15, 0.2) is 0 Å². The molecule has 0 fully saturated rings. The first-order valence-corrected chi connectivity index (χ1v) is 7.33. The Morgan fingerprint density at radius 2 is 1.40 bits per heavy atom. The van der Waals surface area contributed by atoms with Crippen LogP contribution in [0.1, 0.15) is 29.5 Å². The van der Waals surface area contributed by atoms with Gasteiger partial charge in [-0.15, -0.1) is 0 Å². The molecular formula is C18H24N2. The molecule has 0 amide bonds. The zero-order valence-electron chi connectivity index (χ0n) is 12.2. The Morgan fingerprint density at radius 1 is 0.850 bits per heavy atom. The molecule has 2 aromatic rings. The van der Waals surface area contributed by atoms with Crippen molar-refractivity contribution in [2.45, 2.75) is 38.6 Å². The molecule has 106 valence electrons. The monoisotopic (exact) mass is 268 g/mol. The molecule has 2 aromatic carbocycles. The van der Waals surface area contributed by atoms with E-state index in [0.29, 0.717) is 6.04 Å². The summed E-state index contributed by atoms with van der Waals surface area (Å²) in [4.78, 5) is 0. The van der Waals surface area contributed by atoms with E-state index in [4.69, 9.17) is 5.84 Å². The summed E-state index contributed by atoms with van der Waals surface area (Å²) < 4.78 is 0. The van der Waals surface area contributed by atoms with Crippen LogP contribution in [0.5, 0.6) is 0 Å². The molecule has 0 radical (unpaired) electrons. The fourth-order valence-electron chi connectivity index (χ4n) is 2.39. The van der Waals surface area contributed by atoms with Gasteiger partial charge in [0.2, 0.25) is 0 Å². The van der Waals surface area contributed by atoms with Crippen molar-refractivity contribution < 1.29 is 0 Å². The topological polar surface area (TPSA) is 38.0 Å². The van der Waals surface area contributed by atoms with Crippen molar-refractivity contribution in [3.05, 3.63) is 71.3 Å². The molecule has 2 heteroatoms. The van der Waals surface area contributed by atoms with Crippen LogP contribution in [0.2, 0.25) is 0 Å². The summed E-state index contributed by atoms with van der Waals surface area (Å²) in [5, 5.41) is 0. The van der Waals surface area contributed by atoms with Crippen molar-refractivity contribution in [2.75, 3.05) is 0 Å². The third-order valence-corrected chi connectivity index (χ3v) is 3.76. The van der Waals surface area contributed by atoms with Crippen LogP contribution in [-0.4, -0.2) is 6.04 Å². The summed E-state index contributed by atoms with van der Waals surface area (Å²) in [7, 11) is 0. The van der Waals surface area contributed by atoms with Gasteiger partial charge in [-0.2, -0.15) is 0 Å². The van der Waals surface area contributed by atoms with Crippen LogP contribution < -0.4 is 11.3 Å². The van der Waals surface area contributed by atoms with Crippen LogP contribution in [0.4, 0.5) is 0 Å². The average Bonchev–Trinajstić information content (AvgIpc) is 2.50. The summed E-state index contributed by atoms with van der Waals surface area (Å²) in [5.41, 5.74) is 7.03. The van der Waals surface area contributed by atoms with E-state index < -0.39 is 0 Å². The van der Waals surface area contributed by atoms with Gasteiger partial charge < -0.3 is 0 Å². The smallest absolute Gasteiger partial charge is 0.0216 e. The number of hydrogen-bond acceptors (Lipinski definition) is 2. The zero-order chi connectivity index (χ0) is 14.2. The largest absolute Gasteiger partial charge is 0.271 e. The van der Waals surface area contributed by atoms with Gasteiger partial charge >= 0.3 is 0 Å². The predicted molar refractivity (Wildman–Crippen MR) is 85.4 cm³/mol. The molecule has 20 heavy (non-hydrogen) atoms. The quantitative estimate of drug-likeness (QED) is 0.596. The SMILES string of the molecule is Cc1ccc(CCC(CCc2ccccc2)NN)cc1. The third-order valence-electron chi connectivity index (χ3n) is 3.76. The van der Waals surface area contributed by atoms with E-state index in [1.54, 1.807) is 0 Å². The molecule has 0 saturated carbocycles. The average molecular weight is 268 g/mol. The van der Waals surface area contributed by atoms with Crippen LogP contribution in [-0.2, 0) is 12.8 Å². The number of nitrogens with one attached hydrogen (secondary N) is 1. The van der Waals surface area contributed by atoms with Crippen LogP contribution in [0.3, 0.4) is 0 Å². The Labute approximate surface area is 122 Å². The summed E-state index contributed by atoms with van der Waals surface area (Å²) in [6.07, 6.45) is 4.30. The van der Waals surface area contributed by atoms with Gasteiger partial charge in [-0.05, 0) is 43.7 Å². The maximum atomic E-state index is 5.68. The van der Waals surface area contributed by atoms with Gasteiger partial charge in [-0.25, -0.2) is 0 Å². The number of rotatable bonds is 7. The maximum Gasteiger partial charge on any atom is 0.0216 e. The molecule has 0 aliphatic heterocycles. The van der Waals surface area contributed by atoms with E-state index in [2.05, 4.69) is 66.9 Å². The Morgan fingerprint density at radius 3 is 1.95 bits per heavy atom. The Bertz CT molecular complexity index is 491. The standard InChI is InChI=1S/C18H24N2/c1-15-7-9-17(10-8-15)12-14-18(20-19)13-11-16-5-3-2-4-6-16/h2-10,18,20H,11-14,19H2,1H3. The lowest BCUT2D eigenvalue weighted by atomic mass is 9.99. The van der Waals surface area contributed by atoms with E-state index in [0.717, 1.165) is 25.7 Å². The summed E-state index contributed by atoms with van der Waals surface area (Å²) in [6, 6.07) is 19.7. The third kappa shape index (κ3) is 4.80. The summed E-state index contributed by atoms with van der Waals surface area (Å²) in [5.74, 6) is 5.68. The zero-order valence-corrected chi connectivity index (χ0v) is 12.2. The first kappa shape index (κ1) is 14.8. The minimum Gasteiger partial charge on any atom is -0.271 e. The molecular weight excluding hydrogens is 244 g/mol. The number of benzene rings is 2. The van der Waals surface area contributed by atoms with E-state index in [1.165, 1.54) is 16.7 Å². The van der Waals surface area contributed by atoms with Crippen LogP contribution in [0, 0.1) is 6.92 Å². The van der Waals surface area contributed by atoms with Crippen LogP contribution in [0.25, 0.3) is 0 Å². The van der Waals surface area contributed by atoms with Crippen molar-refractivity contribution in [1.82, 2.24) is 5.43 Å². The highest BCUT2D eigenvalue weighted by molar-refractivity contribution is 5.21. The second-order valence-electron chi connectivity index (χ2n) is 5.41.